The highest BCUT2D eigenvalue weighted by atomic mass is 79.9. The van der Waals surface area contributed by atoms with Crippen LogP contribution >= 0.6 is 15.9 Å². The molecule has 0 saturated carbocycles. The molecule has 0 aliphatic heterocycles. The predicted octanol–water partition coefficient (Wildman–Crippen LogP) is 3.74. The second-order valence-corrected chi connectivity index (χ2v) is 3.14. The second kappa shape index (κ2) is 4.33. The van der Waals surface area contributed by atoms with Gasteiger partial charge in [-0.15, -0.1) is 0 Å². The van der Waals surface area contributed by atoms with E-state index in [1.165, 1.54) is 0 Å². The molecule has 6 heteroatoms. The van der Waals surface area contributed by atoms with Gasteiger partial charge in [-0.2, -0.15) is 8.78 Å². The van der Waals surface area contributed by atoms with E-state index in [-0.39, 0.29) is 4.47 Å². The van der Waals surface area contributed by atoms with E-state index in [1.54, 1.807) is 0 Å². The molecule has 1 aromatic rings. The topological polar surface area (TPSA) is 13.6 Å². The zero-order chi connectivity index (χ0) is 10.7. The minimum atomic E-state index is -3.08. The number of ether oxygens (including phenoxy) is 1. The van der Waals surface area contributed by atoms with Gasteiger partial charge in [-0.25, -0.2) is 9.24 Å². The van der Waals surface area contributed by atoms with E-state index in [2.05, 4.69) is 25.5 Å². The molecule has 0 N–H and O–H groups in total. The van der Waals surface area contributed by atoms with E-state index < -0.39 is 23.9 Å². The van der Waals surface area contributed by atoms with Crippen molar-refractivity contribution in [1.82, 2.24) is 0 Å². The van der Waals surface area contributed by atoms with Gasteiger partial charge in [0.05, 0.1) is 6.57 Å². The fourth-order valence-electron chi connectivity index (χ4n) is 0.837. The Morgan fingerprint density at radius 3 is 2.57 bits per heavy atom. The third kappa shape index (κ3) is 2.39. The van der Waals surface area contributed by atoms with E-state index in [0.717, 1.165) is 12.1 Å². The van der Waals surface area contributed by atoms with Crippen LogP contribution in [0.3, 0.4) is 0 Å². The van der Waals surface area contributed by atoms with E-state index in [0.29, 0.717) is 0 Å². The van der Waals surface area contributed by atoms with Gasteiger partial charge in [0.15, 0.2) is 0 Å². The molecule has 74 valence electrons. The summed E-state index contributed by atoms with van der Waals surface area (Å²) in [5, 5.41) is 0. The lowest BCUT2D eigenvalue weighted by Crippen LogP contribution is -2.02. The number of nitrogens with zero attached hydrogens (tertiary/aromatic N) is 1. The average molecular weight is 266 g/mol. The Balaban J connectivity index is 3.20. The molecule has 14 heavy (non-hydrogen) atoms. The molecule has 1 rings (SSSR count). The van der Waals surface area contributed by atoms with Crippen LogP contribution in [0.5, 0.6) is 5.75 Å². The minimum Gasteiger partial charge on any atom is -0.446 e. The Kier molecular flexibility index (Phi) is 3.36. The van der Waals surface area contributed by atoms with Crippen molar-refractivity contribution >= 4 is 21.6 Å². The summed E-state index contributed by atoms with van der Waals surface area (Å²) in [6.07, 6.45) is 0. The molecule has 0 saturated heterocycles. The molecule has 1 aromatic carbocycles. The van der Waals surface area contributed by atoms with Crippen LogP contribution < -0.4 is 4.74 Å². The maximum absolute atomic E-state index is 13.0. The quantitative estimate of drug-likeness (QED) is 0.743. The van der Waals surface area contributed by atoms with Gasteiger partial charge in [0.2, 0.25) is 0 Å². The molecule has 0 atom stereocenters. The molecule has 0 amide bonds. The van der Waals surface area contributed by atoms with Crippen LogP contribution in [0.2, 0.25) is 0 Å². The number of benzene rings is 1. The molecule has 0 heterocycles. The van der Waals surface area contributed by atoms with Gasteiger partial charge in [-0.3, -0.25) is 0 Å². The van der Waals surface area contributed by atoms with Crippen LogP contribution in [0.25, 0.3) is 4.85 Å². The summed E-state index contributed by atoms with van der Waals surface area (Å²) < 4.78 is 40.9. The van der Waals surface area contributed by atoms with Gasteiger partial charge in [0.25, 0.3) is 5.69 Å². The van der Waals surface area contributed by atoms with Gasteiger partial charge in [0.1, 0.15) is 11.6 Å². The average Bonchev–Trinajstić information content (AvgIpc) is 2.01. The highest BCUT2D eigenvalue weighted by molar-refractivity contribution is 9.10. The Bertz CT molecular complexity index is 389. The van der Waals surface area contributed by atoms with E-state index in [4.69, 9.17) is 6.57 Å². The lowest BCUT2D eigenvalue weighted by Gasteiger charge is -2.07. The first-order chi connectivity index (χ1) is 6.54. The largest absolute Gasteiger partial charge is 0.446 e. The van der Waals surface area contributed by atoms with Gasteiger partial charge >= 0.3 is 6.61 Å². The fourth-order valence-corrected chi connectivity index (χ4v) is 1.25. The maximum Gasteiger partial charge on any atom is 0.386 e. The summed E-state index contributed by atoms with van der Waals surface area (Å²) in [5.41, 5.74) is -0.548. The molecule has 0 radical (unpaired) electrons. The van der Waals surface area contributed by atoms with Crippen molar-refractivity contribution in [3.8, 4) is 5.75 Å². The number of hydrogen-bond donors (Lipinski definition) is 0. The molecule has 0 fully saturated rings. The molecule has 0 spiro atoms. The van der Waals surface area contributed by atoms with Crippen LogP contribution in [0.15, 0.2) is 16.6 Å². The summed E-state index contributed by atoms with van der Waals surface area (Å²) in [4.78, 5) is 2.76. The molecule has 0 unspecified atom stereocenters. The molecule has 0 bridgehead atoms. The maximum atomic E-state index is 13.0. The van der Waals surface area contributed by atoms with Crippen LogP contribution in [0.4, 0.5) is 18.9 Å². The molecule has 2 nitrogen and oxygen atoms in total. The molecular weight excluding hydrogens is 263 g/mol. The Morgan fingerprint density at radius 1 is 1.43 bits per heavy atom. The Morgan fingerprint density at radius 2 is 2.07 bits per heavy atom. The summed E-state index contributed by atoms with van der Waals surface area (Å²) in [7, 11) is 0. The first-order valence-electron chi connectivity index (χ1n) is 3.36. The normalized spacial score (nSPS) is 10.0. The zero-order valence-electron chi connectivity index (χ0n) is 6.60. The lowest BCUT2D eigenvalue weighted by molar-refractivity contribution is -0.0494. The van der Waals surface area contributed by atoms with Crippen molar-refractivity contribution < 1.29 is 17.9 Å². The predicted molar refractivity (Wildman–Crippen MR) is 47.0 cm³/mol. The highest BCUT2D eigenvalue weighted by Crippen LogP contribution is 2.34. The standard InChI is InChI=1S/C8H3BrF3NO/c1-13-7-5(10)2-4(9)3-6(7)14-8(11)12/h2-3,8H. The van der Waals surface area contributed by atoms with Gasteiger partial charge in [-0.05, 0) is 12.1 Å². The molecule has 0 aliphatic carbocycles. The lowest BCUT2D eigenvalue weighted by atomic mass is 10.3. The third-order valence-corrected chi connectivity index (χ3v) is 1.78. The summed E-state index contributed by atoms with van der Waals surface area (Å²) in [6.45, 7) is 3.51. The first kappa shape index (κ1) is 10.9. The van der Waals surface area contributed by atoms with E-state index in [9.17, 15) is 13.2 Å². The summed E-state index contributed by atoms with van der Waals surface area (Å²) >= 11 is 2.90. The third-order valence-electron chi connectivity index (χ3n) is 1.32. The minimum absolute atomic E-state index is 0.234. The second-order valence-electron chi connectivity index (χ2n) is 2.22. The Labute approximate surface area is 86.2 Å². The SMILES string of the molecule is [C-]#[N+]c1c(F)cc(Br)cc1OC(F)F. The van der Waals surface area contributed by atoms with Crippen molar-refractivity contribution in [2.24, 2.45) is 0 Å². The molecular formula is C8H3BrF3NO. The van der Waals surface area contributed by atoms with Gasteiger partial charge in [0, 0.05) is 4.47 Å². The van der Waals surface area contributed by atoms with Crippen LogP contribution in [-0.2, 0) is 0 Å². The van der Waals surface area contributed by atoms with Crippen molar-refractivity contribution in [2.45, 2.75) is 6.61 Å². The monoisotopic (exact) mass is 265 g/mol. The Hall–Kier alpha value is -1.22. The fraction of sp³-hybridized carbons (Fsp3) is 0.125. The first-order valence-corrected chi connectivity index (χ1v) is 4.15. The molecule has 0 aromatic heterocycles. The number of halogens is 4. The van der Waals surface area contributed by atoms with Crippen LogP contribution in [-0.4, -0.2) is 6.61 Å². The van der Waals surface area contributed by atoms with Crippen LogP contribution in [0, 0.1) is 12.4 Å². The smallest absolute Gasteiger partial charge is 0.386 e. The van der Waals surface area contributed by atoms with Crippen molar-refractivity contribution in [3.63, 3.8) is 0 Å². The summed E-state index contributed by atoms with van der Waals surface area (Å²) in [5.74, 6) is -1.37. The molecule has 0 aliphatic rings. The van der Waals surface area contributed by atoms with Gasteiger partial charge < -0.3 is 4.74 Å². The highest BCUT2D eigenvalue weighted by Gasteiger charge is 2.15. The van der Waals surface area contributed by atoms with E-state index in [1.807, 2.05) is 0 Å². The van der Waals surface area contributed by atoms with Crippen molar-refractivity contribution in [2.75, 3.05) is 0 Å². The van der Waals surface area contributed by atoms with E-state index >= 15 is 0 Å². The summed E-state index contributed by atoms with van der Waals surface area (Å²) in [6, 6.07) is 2.12. The number of rotatable bonds is 2. The zero-order valence-corrected chi connectivity index (χ0v) is 8.19. The number of alkyl halides is 2. The number of hydrogen-bond acceptors (Lipinski definition) is 1. The van der Waals surface area contributed by atoms with Crippen LogP contribution in [0.1, 0.15) is 0 Å². The van der Waals surface area contributed by atoms with Gasteiger partial charge in [-0.1, -0.05) is 15.9 Å². The van der Waals surface area contributed by atoms with Crippen molar-refractivity contribution in [3.05, 3.63) is 33.8 Å². The van der Waals surface area contributed by atoms with Crippen molar-refractivity contribution in [1.29, 1.82) is 0 Å².